The molecule has 21 heavy (non-hydrogen) atoms. The number of hydrogen-bond donors (Lipinski definition) is 3. The molecule has 2 aromatic carbocycles. The number of aromatic hydroxyl groups is 2. The van der Waals surface area contributed by atoms with Crippen LogP contribution in [0.1, 0.15) is 50.3 Å². The van der Waals surface area contributed by atoms with Gasteiger partial charge in [-0.3, -0.25) is 0 Å². The van der Waals surface area contributed by atoms with E-state index in [0.29, 0.717) is 5.92 Å². The third-order valence-corrected chi connectivity index (χ3v) is 3.90. The fourth-order valence-corrected chi connectivity index (χ4v) is 2.34. The lowest BCUT2D eigenvalue weighted by Gasteiger charge is -2.17. The smallest absolute Gasteiger partial charge is 0.119 e. The molecule has 3 nitrogen and oxygen atoms in total. The minimum atomic E-state index is -0.00236. The number of rotatable bonds is 5. The first-order valence-electron chi connectivity index (χ1n) is 7.39. The molecule has 0 aliphatic heterocycles. The SMILES string of the molecule is CCC(C)c1ccc(NC(C)c2cc(O)cc(O)c2)cc1. The van der Waals surface area contributed by atoms with Crippen LogP contribution in [0.3, 0.4) is 0 Å². The zero-order valence-corrected chi connectivity index (χ0v) is 12.8. The van der Waals surface area contributed by atoms with Crippen LogP contribution in [0.5, 0.6) is 11.5 Å². The van der Waals surface area contributed by atoms with E-state index in [0.717, 1.165) is 17.7 Å². The fourth-order valence-electron chi connectivity index (χ4n) is 2.34. The Kier molecular flexibility index (Phi) is 4.73. The molecule has 3 heteroatoms. The Hall–Kier alpha value is -2.16. The molecule has 3 N–H and O–H groups in total. The zero-order chi connectivity index (χ0) is 15.4. The second kappa shape index (κ2) is 6.53. The van der Waals surface area contributed by atoms with E-state index in [1.165, 1.54) is 11.6 Å². The number of nitrogens with one attached hydrogen (secondary N) is 1. The third kappa shape index (κ3) is 3.91. The van der Waals surface area contributed by atoms with E-state index in [1.54, 1.807) is 12.1 Å². The third-order valence-electron chi connectivity index (χ3n) is 3.90. The number of phenolic OH excluding ortho intramolecular Hbond substituents is 2. The molecule has 0 radical (unpaired) electrons. The molecule has 0 saturated carbocycles. The molecule has 0 fully saturated rings. The van der Waals surface area contributed by atoms with Gasteiger partial charge < -0.3 is 15.5 Å². The molecule has 0 bridgehead atoms. The maximum absolute atomic E-state index is 9.55. The van der Waals surface area contributed by atoms with Crippen LogP contribution < -0.4 is 5.32 Å². The summed E-state index contributed by atoms with van der Waals surface area (Å²) in [7, 11) is 0. The molecule has 0 aliphatic rings. The molecule has 2 aromatic rings. The van der Waals surface area contributed by atoms with Gasteiger partial charge in [0.2, 0.25) is 0 Å². The standard InChI is InChI=1S/C18H23NO2/c1-4-12(2)14-5-7-16(8-6-14)19-13(3)15-9-17(20)11-18(21)10-15/h5-13,19-21H,4H2,1-3H3. The Bertz CT molecular complexity index is 572. The highest BCUT2D eigenvalue weighted by molar-refractivity contribution is 5.48. The van der Waals surface area contributed by atoms with Gasteiger partial charge in [-0.15, -0.1) is 0 Å². The lowest BCUT2D eigenvalue weighted by atomic mass is 9.98. The van der Waals surface area contributed by atoms with Crippen molar-refractivity contribution in [3.05, 3.63) is 53.6 Å². The van der Waals surface area contributed by atoms with Gasteiger partial charge in [-0.1, -0.05) is 26.0 Å². The number of hydrogen-bond acceptors (Lipinski definition) is 3. The molecule has 2 rings (SSSR count). The fraction of sp³-hybridized carbons (Fsp3) is 0.333. The molecular formula is C18H23NO2. The van der Waals surface area contributed by atoms with Gasteiger partial charge in [-0.2, -0.15) is 0 Å². The molecule has 0 amide bonds. The largest absolute Gasteiger partial charge is 0.508 e. The van der Waals surface area contributed by atoms with E-state index in [4.69, 9.17) is 0 Å². The molecule has 0 aromatic heterocycles. The molecule has 0 saturated heterocycles. The highest BCUT2D eigenvalue weighted by Gasteiger charge is 2.09. The summed E-state index contributed by atoms with van der Waals surface area (Å²) in [6.45, 7) is 6.41. The van der Waals surface area contributed by atoms with Crippen LogP contribution in [0.25, 0.3) is 0 Å². The molecule has 0 spiro atoms. The van der Waals surface area contributed by atoms with Crippen LogP contribution in [-0.2, 0) is 0 Å². The summed E-state index contributed by atoms with van der Waals surface area (Å²) in [5.74, 6) is 0.719. The Labute approximate surface area is 126 Å². The van der Waals surface area contributed by atoms with E-state index in [1.807, 2.05) is 6.92 Å². The van der Waals surface area contributed by atoms with Crippen molar-refractivity contribution in [3.8, 4) is 11.5 Å². The number of benzene rings is 2. The highest BCUT2D eigenvalue weighted by atomic mass is 16.3. The van der Waals surface area contributed by atoms with Crippen LogP contribution in [0.4, 0.5) is 5.69 Å². The van der Waals surface area contributed by atoms with Crippen molar-refractivity contribution < 1.29 is 10.2 Å². The van der Waals surface area contributed by atoms with E-state index in [2.05, 4.69) is 43.4 Å². The summed E-state index contributed by atoms with van der Waals surface area (Å²) in [6, 6.07) is 13.1. The Morgan fingerprint density at radius 3 is 2.00 bits per heavy atom. The molecular weight excluding hydrogens is 262 g/mol. The Balaban J connectivity index is 2.10. The summed E-state index contributed by atoms with van der Waals surface area (Å²) >= 11 is 0. The summed E-state index contributed by atoms with van der Waals surface area (Å²) < 4.78 is 0. The first kappa shape index (κ1) is 15.2. The first-order valence-corrected chi connectivity index (χ1v) is 7.39. The molecule has 2 atom stereocenters. The van der Waals surface area contributed by atoms with Gasteiger partial charge in [0, 0.05) is 17.8 Å². The van der Waals surface area contributed by atoms with E-state index in [9.17, 15) is 10.2 Å². The van der Waals surface area contributed by atoms with E-state index < -0.39 is 0 Å². The van der Waals surface area contributed by atoms with Crippen LogP contribution in [0.2, 0.25) is 0 Å². The monoisotopic (exact) mass is 285 g/mol. The molecule has 112 valence electrons. The lowest BCUT2D eigenvalue weighted by molar-refractivity contribution is 0.448. The molecule has 0 heterocycles. The maximum Gasteiger partial charge on any atom is 0.119 e. The normalized spacial score (nSPS) is 13.7. The maximum atomic E-state index is 9.55. The summed E-state index contributed by atoms with van der Waals surface area (Å²) in [5, 5.41) is 22.5. The predicted octanol–water partition coefficient (Wildman–Crippen LogP) is 4.78. The number of phenols is 2. The van der Waals surface area contributed by atoms with Crippen molar-refractivity contribution in [2.45, 2.75) is 39.2 Å². The zero-order valence-electron chi connectivity index (χ0n) is 12.8. The van der Waals surface area contributed by atoms with Gasteiger partial charge in [0.1, 0.15) is 11.5 Å². The second-order valence-electron chi connectivity index (χ2n) is 5.58. The summed E-state index contributed by atoms with van der Waals surface area (Å²) in [6.07, 6.45) is 1.13. The molecule has 2 unspecified atom stereocenters. The van der Waals surface area contributed by atoms with Gasteiger partial charge in [-0.05, 0) is 54.7 Å². The number of anilines is 1. The van der Waals surface area contributed by atoms with Crippen LogP contribution in [0.15, 0.2) is 42.5 Å². The van der Waals surface area contributed by atoms with Crippen molar-refractivity contribution in [2.75, 3.05) is 5.32 Å². The minimum Gasteiger partial charge on any atom is -0.508 e. The van der Waals surface area contributed by atoms with Crippen LogP contribution in [-0.4, -0.2) is 10.2 Å². The van der Waals surface area contributed by atoms with Gasteiger partial charge in [0.25, 0.3) is 0 Å². The van der Waals surface area contributed by atoms with Gasteiger partial charge in [0.15, 0.2) is 0 Å². The topological polar surface area (TPSA) is 52.5 Å². The quantitative estimate of drug-likeness (QED) is 0.740. The van der Waals surface area contributed by atoms with Crippen molar-refractivity contribution >= 4 is 5.69 Å². The Morgan fingerprint density at radius 1 is 0.905 bits per heavy atom. The lowest BCUT2D eigenvalue weighted by Crippen LogP contribution is -2.06. The Morgan fingerprint density at radius 2 is 1.48 bits per heavy atom. The van der Waals surface area contributed by atoms with Crippen molar-refractivity contribution in [3.63, 3.8) is 0 Å². The predicted molar refractivity (Wildman–Crippen MR) is 87.0 cm³/mol. The van der Waals surface area contributed by atoms with Gasteiger partial charge in [-0.25, -0.2) is 0 Å². The molecule has 0 aliphatic carbocycles. The second-order valence-corrected chi connectivity index (χ2v) is 5.58. The van der Waals surface area contributed by atoms with Crippen molar-refractivity contribution in [2.24, 2.45) is 0 Å². The minimum absolute atomic E-state index is 0.00236. The van der Waals surface area contributed by atoms with Crippen LogP contribution >= 0.6 is 0 Å². The highest BCUT2D eigenvalue weighted by Crippen LogP contribution is 2.27. The van der Waals surface area contributed by atoms with Crippen LogP contribution in [0, 0.1) is 0 Å². The average molecular weight is 285 g/mol. The van der Waals surface area contributed by atoms with E-state index in [-0.39, 0.29) is 17.5 Å². The van der Waals surface area contributed by atoms with Gasteiger partial charge in [0.05, 0.1) is 0 Å². The van der Waals surface area contributed by atoms with Crippen molar-refractivity contribution in [1.82, 2.24) is 0 Å². The van der Waals surface area contributed by atoms with Gasteiger partial charge >= 0.3 is 0 Å². The summed E-state index contributed by atoms with van der Waals surface area (Å²) in [4.78, 5) is 0. The summed E-state index contributed by atoms with van der Waals surface area (Å²) in [5.41, 5.74) is 3.21. The van der Waals surface area contributed by atoms with E-state index >= 15 is 0 Å². The first-order chi connectivity index (χ1) is 9.99. The van der Waals surface area contributed by atoms with Crippen molar-refractivity contribution in [1.29, 1.82) is 0 Å². The average Bonchev–Trinajstić information content (AvgIpc) is 2.46.